The third kappa shape index (κ3) is 5.38. The lowest BCUT2D eigenvalue weighted by molar-refractivity contribution is 0.121. The average Bonchev–Trinajstić information content (AvgIpc) is 2.14. The van der Waals surface area contributed by atoms with E-state index in [9.17, 15) is 13.0 Å². The van der Waals surface area contributed by atoms with Crippen molar-refractivity contribution in [3.63, 3.8) is 0 Å². The second-order valence-electron chi connectivity index (χ2n) is 6.49. The molecule has 0 aliphatic heterocycles. The van der Waals surface area contributed by atoms with E-state index in [0.29, 0.717) is 5.75 Å². The van der Waals surface area contributed by atoms with Crippen LogP contribution in [0.2, 0.25) is 0 Å². The zero-order valence-corrected chi connectivity index (χ0v) is 13.5. The van der Waals surface area contributed by atoms with E-state index >= 15 is 0 Å². The molecule has 0 heterocycles. The van der Waals surface area contributed by atoms with Gasteiger partial charge in [-0.25, -0.2) is 8.42 Å². The van der Waals surface area contributed by atoms with Gasteiger partial charge in [-0.05, 0) is 53.7 Å². The van der Waals surface area contributed by atoms with Crippen molar-refractivity contribution >= 4 is 10.1 Å². The van der Waals surface area contributed by atoms with Gasteiger partial charge in [0.15, 0.2) is 0 Å². The molecule has 1 rings (SSSR count). The molecular weight excluding hydrogens is 280 g/mol. The first kappa shape index (κ1) is 16.8. The number of benzene rings is 1. The lowest BCUT2D eigenvalue weighted by Crippen LogP contribution is -2.25. The SMILES string of the molecule is CC(C)(C)Oc1ccc(OC(C)(C)C)c(S(=O)(=O)[O-])c1. The van der Waals surface area contributed by atoms with Crippen LogP contribution in [-0.4, -0.2) is 24.2 Å². The van der Waals surface area contributed by atoms with Gasteiger partial charge in [0.1, 0.15) is 32.8 Å². The van der Waals surface area contributed by atoms with Gasteiger partial charge in [-0.1, -0.05) is 0 Å². The Morgan fingerprint density at radius 1 is 0.950 bits per heavy atom. The molecule has 1 aromatic rings. The molecule has 6 heteroatoms. The zero-order valence-electron chi connectivity index (χ0n) is 12.7. The molecule has 0 spiro atoms. The normalized spacial score (nSPS) is 13.2. The maximum atomic E-state index is 11.4. The van der Waals surface area contributed by atoms with Crippen LogP contribution in [0, 0.1) is 0 Å². The minimum atomic E-state index is -4.64. The van der Waals surface area contributed by atoms with E-state index in [4.69, 9.17) is 9.47 Å². The summed E-state index contributed by atoms with van der Waals surface area (Å²) in [5.41, 5.74) is -1.10. The van der Waals surface area contributed by atoms with Crippen LogP contribution in [0.1, 0.15) is 41.5 Å². The predicted octanol–water partition coefficient (Wildman–Crippen LogP) is 2.95. The van der Waals surface area contributed by atoms with Gasteiger partial charge in [-0.2, -0.15) is 0 Å². The minimum Gasteiger partial charge on any atom is -0.744 e. The summed E-state index contributed by atoms with van der Waals surface area (Å²) < 4.78 is 45.2. The third-order valence-electron chi connectivity index (χ3n) is 2.02. The van der Waals surface area contributed by atoms with Crippen LogP contribution in [0.15, 0.2) is 23.1 Å². The van der Waals surface area contributed by atoms with Crippen molar-refractivity contribution in [2.75, 3.05) is 0 Å². The molecule has 0 N–H and O–H groups in total. The minimum absolute atomic E-state index is 0.0359. The Hall–Kier alpha value is -1.27. The second kappa shape index (κ2) is 5.26. The monoisotopic (exact) mass is 301 g/mol. The van der Waals surface area contributed by atoms with Crippen molar-refractivity contribution < 1.29 is 22.4 Å². The Morgan fingerprint density at radius 3 is 1.85 bits per heavy atom. The van der Waals surface area contributed by atoms with Gasteiger partial charge in [0, 0.05) is 6.07 Å². The fourth-order valence-electron chi connectivity index (χ4n) is 1.51. The predicted molar refractivity (Wildman–Crippen MR) is 75.2 cm³/mol. The van der Waals surface area contributed by atoms with Crippen LogP contribution in [-0.2, 0) is 10.1 Å². The summed E-state index contributed by atoms with van der Waals surface area (Å²) in [6, 6.07) is 4.23. The van der Waals surface area contributed by atoms with Gasteiger partial charge in [0.2, 0.25) is 0 Å². The van der Waals surface area contributed by atoms with E-state index in [1.165, 1.54) is 12.1 Å². The van der Waals surface area contributed by atoms with Crippen LogP contribution in [0.5, 0.6) is 11.5 Å². The summed E-state index contributed by atoms with van der Waals surface area (Å²) in [6.07, 6.45) is 0. The van der Waals surface area contributed by atoms with Gasteiger partial charge in [0.05, 0.1) is 4.90 Å². The van der Waals surface area contributed by atoms with Crippen LogP contribution >= 0.6 is 0 Å². The fraction of sp³-hybridized carbons (Fsp3) is 0.571. The van der Waals surface area contributed by atoms with Crippen LogP contribution in [0.4, 0.5) is 0 Å². The van der Waals surface area contributed by atoms with E-state index in [1.54, 1.807) is 26.8 Å². The Labute approximate surface area is 120 Å². The summed E-state index contributed by atoms with van der Waals surface area (Å²) in [6.45, 7) is 10.8. The van der Waals surface area contributed by atoms with Crippen molar-refractivity contribution in [1.29, 1.82) is 0 Å². The molecule has 0 saturated heterocycles. The molecule has 1 aromatic carbocycles. The van der Waals surface area contributed by atoms with Gasteiger partial charge in [-0.15, -0.1) is 0 Å². The maximum absolute atomic E-state index is 11.4. The highest BCUT2D eigenvalue weighted by atomic mass is 32.2. The first-order valence-corrected chi connectivity index (χ1v) is 7.67. The van der Waals surface area contributed by atoms with Gasteiger partial charge in [0.25, 0.3) is 0 Å². The summed E-state index contributed by atoms with van der Waals surface area (Å²) in [7, 11) is -4.64. The van der Waals surface area contributed by atoms with Gasteiger partial charge in [-0.3, -0.25) is 0 Å². The van der Waals surface area contributed by atoms with E-state index in [2.05, 4.69) is 0 Å². The highest BCUT2D eigenvalue weighted by Crippen LogP contribution is 2.32. The fourth-order valence-corrected chi connectivity index (χ4v) is 2.13. The molecule has 5 nitrogen and oxygen atoms in total. The number of rotatable bonds is 3. The highest BCUT2D eigenvalue weighted by molar-refractivity contribution is 7.85. The molecule has 0 bridgehead atoms. The molecular formula is C14H21O5S-. The molecule has 0 unspecified atom stereocenters. The molecule has 0 saturated carbocycles. The van der Waals surface area contributed by atoms with E-state index in [0.717, 1.165) is 0 Å². The molecule has 20 heavy (non-hydrogen) atoms. The molecule has 0 fully saturated rings. The molecule has 0 atom stereocenters. The lowest BCUT2D eigenvalue weighted by atomic mass is 10.2. The zero-order chi connectivity index (χ0) is 15.8. The van der Waals surface area contributed by atoms with E-state index in [-0.39, 0.29) is 5.75 Å². The average molecular weight is 301 g/mol. The Morgan fingerprint density at radius 2 is 1.45 bits per heavy atom. The van der Waals surface area contributed by atoms with E-state index < -0.39 is 26.2 Å². The van der Waals surface area contributed by atoms with Crippen molar-refractivity contribution in [3.05, 3.63) is 18.2 Å². The second-order valence-corrected chi connectivity index (χ2v) is 7.84. The first-order chi connectivity index (χ1) is 8.78. The Kier molecular flexibility index (Phi) is 4.41. The molecule has 114 valence electrons. The van der Waals surface area contributed by atoms with Crippen molar-refractivity contribution in [2.24, 2.45) is 0 Å². The lowest BCUT2D eigenvalue weighted by Gasteiger charge is -2.26. The summed E-state index contributed by atoms with van der Waals surface area (Å²) >= 11 is 0. The molecule has 0 aromatic heterocycles. The first-order valence-electron chi connectivity index (χ1n) is 6.26. The topological polar surface area (TPSA) is 75.7 Å². The summed E-state index contributed by atoms with van der Waals surface area (Å²) in [4.78, 5) is -0.408. The smallest absolute Gasteiger partial charge is 0.137 e. The van der Waals surface area contributed by atoms with Gasteiger partial charge >= 0.3 is 0 Å². The Bertz CT molecular complexity index is 577. The molecule has 0 aliphatic rings. The van der Waals surface area contributed by atoms with Crippen molar-refractivity contribution in [2.45, 2.75) is 57.6 Å². The maximum Gasteiger partial charge on any atom is 0.137 e. The summed E-state index contributed by atoms with van der Waals surface area (Å²) in [5.74, 6) is 0.349. The van der Waals surface area contributed by atoms with E-state index in [1.807, 2.05) is 20.8 Å². The molecule has 0 aliphatic carbocycles. The largest absolute Gasteiger partial charge is 0.744 e. The van der Waals surface area contributed by atoms with Crippen molar-refractivity contribution in [1.82, 2.24) is 0 Å². The number of hydrogen-bond donors (Lipinski definition) is 0. The van der Waals surface area contributed by atoms with Crippen LogP contribution < -0.4 is 9.47 Å². The Balaban J connectivity index is 3.28. The number of hydrogen-bond acceptors (Lipinski definition) is 5. The highest BCUT2D eigenvalue weighted by Gasteiger charge is 2.20. The van der Waals surface area contributed by atoms with Crippen molar-refractivity contribution in [3.8, 4) is 11.5 Å². The standard InChI is InChI=1S/C14H22O5S/c1-13(2,3)18-10-7-8-11(19-14(4,5)6)12(9-10)20(15,16)17/h7-9H,1-6H3,(H,15,16,17)/p-1. The van der Waals surface area contributed by atoms with Crippen LogP contribution in [0.3, 0.4) is 0 Å². The summed E-state index contributed by atoms with van der Waals surface area (Å²) in [5, 5.41) is 0. The third-order valence-corrected chi connectivity index (χ3v) is 2.88. The van der Waals surface area contributed by atoms with Crippen LogP contribution in [0.25, 0.3) is 0 Å². The number of ether oxygens (including phenoxy) is 2. The molecule has 0 amide bonds. The molecule has 0 radical (unpaired) electrons. The van der Waals surface area contributed by atoms with Gasteiger partial charge < -0.3 is 14.0 Å². The quantitative estimate of drug-likeness (QED) is 0.802.